The number of aromatic nitrogens is 2. The first-order valence-electron chi connectivity index (χ1n) is 9.09. The molecule has 4 rings (SSSR count). The fourth-order valence-corrected chi connectivity index (χ4v) is 3.71. The number of carbonyl (C=O) groups excluding carboxylic acids is 1. The van der Waals surface area contributed by atoms with E-state index in [0.717, 1.165) is 49.1 Å². The summed E-state index contributed by atoms with van der Waals surface area (Å²) in [6.45, 7) is 0.839. The Morgan fingerprint density at radius 1 is 1.12 bits per heavy atom. The summed E-state index contributed by atoms with van der Waals surface area (Å²) in [6.07, 6.45) is 4.49. The molecule has 1 amide bonds. The number of hydrogen-bond acceptors (Lipinski definition) is 2. The molecule has 0 unspecified atom stereocenters. The van der Waals surface area contributed by atoms with E-state index in [4.69, 9.17) is 4.98 Å². The molecular weight excluding hydrogens is 310 g/mol. The van der Waals surface area contributed by atoms with Crippen LogP contribution in [0.3, 0.4) is 0 Å². The lowest BCUT2D eigenvalue weighted by Crippen LogP contribution is -2.30. The minimum absolute atomic E-state index is 0.0941. The van der Waals surface area contributed by atoms with Crippen LogP contribution in [0.4, 0.5) is 0 Å². The molecule has 1 aliphatic heterocycles. The molecule has 4 nitrogen and oxygen atoms in total. The predicted octanol–water partition coefficient (Wildman–Crippen LogP) is 4.25. The van der Waals surface area contributed by atoms with E-state index in [2.05, 4.69) is 29.2 Å². The maximum atomic E-state index is 12.7. The summed E-state index contributed by atoms with van der Waals surface area (Å²) in [5.41, 5.74) is 3.31. The third kappa shape index (κ3) is 3.43. The largest absolute Gasteiger partial charge is 0.340 e. The van der Waals surface area contributed by atoms with Gasteiger partial charge < -0.3 is 9.88 Å². The van der Waals surface area contributed by atoms with Gasteiger partial charge in [-0.3, -0.25) is 4.79 Å². The van der Waals surface area contributed by atoms with Gasteiger partial charge in [-0.15, -0.1) is 0 Å². The highest BCUT2D eigenvalue weighted by Gasteiger charge is 2.31. The van der Waals surface area contributed by atoms with Crippen LogP contribution in [0.1, 0.15) is 43.1 Å². The molecule has 1 atom stereocenters. The van der Waals surface area contributed by atoms with Crippen molar-refractivity contribution in [2.75, 3.05) is 6.54 Å². The molecule has 1 fully saturated rings. The summed E-state index contributed by atoms with van der Waals surface area (Å²) in [5, 5.41) is 0. The van der Waals surface area contributed by atoms with Crippen LogP contribution in [-0.4, -0.2) is 27.3 Å². The number of fused-ring (bicyclic) bond motifs is 1. The van der Waals surface area contributed by atoms with Gasteiger partial charge in [0.2, 0.25) is 5.91 Å². The second-order valence-electron chi connectivity index (χ2n) is 6.72. The summed E-state index contributed by atoms with van der Waals surface area (Å²) in [7, 11) is 0. The standard InChI is InChI=1S/C21H23N3O/c25-20(14-6-10-16-8-2-1-3-9-16)24-15-7-13-19(24)21-22-17-11-4-5-12-18(17)23-21/h1-5,8-9,11-12,19H,6-7,10,13-15H2,(H,22,23)/t19-/m1/s1. The Hall–Kier alpha value is -2.62. The third-order valence-corrected chi connectivity index (χ3v) is 5.00. The minimum atomic E-state index is 0.0941. The quantitative estimate of drug-likeness (QED) is 0.759. The molecule has 2 heterocycles. The number of para-hydroxylation sites is 2. The molecule has 25 heavy (non-hydrogen) atoms. The van der Waals surface area contributed by atoms with Gasteiger partial charge in [-0.1, -0.05) is 42.5 Å². The van der Waals surface area contributed by atoms with E-state index in [1.54, 1.807) is 0 Å². The summed E-state index contributed by atoms with van der Waals surface area (Å²) in [5.74, 6) is 1.17. The van der Waals surface area contributed by atoms with Gasteiger partial charge in [0, 0.05) is 13.0 Å². The Morgan fingerprint density at radius 2 is 1.92 bits per heavy atom. The van der Waals surface area contributed by atoms with Gasteiger partial charge in [-0.05, 0) is 43.4 Å². The maximum absolute atomic E-state index is 12.7. The van der Waals surface area contributed by atoms with E-state index >= 15 is 0 Å². The van der Waals surface area contributed by atoms with Crippen molar-refractivity contribution in [3.8, 4) is 0 Å². The molecule has 0 radical (unpaired) electrons. The number of amides is 1. The topological polar surface area (TPSA) is 49.0 Å². The first-order chi connectivity index (χ1) is 12.3. The lowest BCUT2D eigenvalue weighted by molar-refractivity contribution is -0.132. The average molecular weight is 333 g/mol. The predicted molar refractivity (Wildman–Crippen MR) is 99.2 cm³/mol. The highest BCUT2D eigenvalue weighted by molar-refractivity contribution is 5.78. The van der Waals surface area contributed by atoms with Crippen molar-refractivity contribution in [2.45, 2.75) is 38.1 Å². The summed E-state index contributed by atoms with van der Waals surface area (Å²) >= 11 is 0. The normalized spacial score (nSPS) is 17.3. The van der Waals surface area contributed by atoms with E-state index in [9.17, 15) is 4.79 Å². The Kier molecular flexibility index (Phi) is 4.51. The molecule has 2 aromatic carbocycles. The number of nitrogens with one attached hydrogen (secondary N) is 1. The number of carbonyl (C=O) groups is 1. The van der Waals surface area contributed by atoms with Gasteiger partial charge in [-0.25, -0.2) is 4.98 Å². The molecule has 0 saturated carbocycles. The van der Waals surface area contributed by atoms with Crippen LogP contribution in [0.15, 0.2) is 54.6 Å². The Bertz CT molecular complexity index is 823. The number of aromatic amines is 1. The van der Waals surface area contributed by atoms with Crippen LogP contribution >= 0.6 is 0 Å². The molecule has 1 aromatic heterocycles. The fourth-order valence-electron chi connectivity index (χ4n) is 3.71. The van der Waals surface area contributed by atoms with Gasteiger partial charge in [0.15, 0.2) is 0 Å². The van der Waals surface area contributed by atoms with Crippen LogP contribution in [0.2, 0.25) is 0 Å². The number of nitrogens with zero attached hydrogens (tertiary/aromatic N) is 2. The molecule has 0 bridgehead atoms. The monoisotopic (exact) mass is 333 g/mol. The summed E-state index contributed by atoms with van der Waals surface area (Å²) in [6, 6.07) is 18.5. The Labute approximate surface area is 147 Å². The molecule has 0 aliphatic carbocycles. The number of H-pyrrole nitrogens is 1. The number of hydrogen-bond donors (Lipinski definition) is 1. The number of aryl methyl sites for hydroxylation is 1. The number of imidazole rings is 1. The van der Waals surface area contributed by atoms with E-state index < -0.39 is 0 Å². The van der Waals surface area contributed by atoms with Crippen LogP contribution in [0.5, 0.6) is 0 Å². The lowest BCUT2D eigenvalue weighted by atomic mass is 10.1. The van der Waals surface area contributed by atoms with Crippen molar-refractivity contribution in [1.29, 1.82) is 0 Å². The highest BCUT2D eigenvalue weighted by atomic mass is 16.2. The molecule has 4 heteroatoms. The van der Waals surface area contributed by atoms with Crippen LogP contribution in [0.25, 0.3) is 11.0 Å². The van der Waals surface area contributed by atoms with Crippen LogP contribution < -0.4 is 0 Å². The maximum Gasteiger partial charge on any atom is 0.223 e. The molecule has 1 aliphatic rings. The van der Waals surface area contributed by atoms with E-state index in [1.807, 2.05) is 35.2 Å². The molecule has 128 valence electrons. The number of likely N-dealkylation sites (tertiary alicyclic amines) is 1. The third-order valence-electron chi connectivity index (χ3n) is 5.00. The van der Waals surface area contributed by atoms with Crippen LogP contribution in [-0.2, 0) is 11.2 Å². The van der Waals surface area contributed by atoms with E-state index in [0.29, 0.717) is 6.42 Å². The zero-order chi connectivity index (χ0) is 17.1. The zero-order valence-corrected chi connectivity index (χ0v) is 14.3. The Morgan fingerprint density at radius 3 is 2.76 bits per heavy atom. The number of benzene rings is 2. The van der Waals surface area contributed by atoms with Gasteiger partial charge in [0.25, 0.3) is 0 Å². The SMILES string of the molecule is O=C(CCCc1ccccc1)N1CCC[C@@H]1c1nc2ccccc2[nH]1. The van der Waals surface area contributed by atoms with E-state index in [-0.39, 0.29) is 11.9 Å². The van der Waals surface area contributed by atoms with Gasteiger partial charge in [0.05, 0.1) is 17.1 Å². The molecule has 0 spiro atoms. The first kappa shape index (κ1) is 15.9. The molecule has 1 N–H and O–H groups in total. The first-order valence-corrected chi connectivity index (χ1v) is 9.09. The lowest BCUT2D eigenvalue weighted by Gasteiger charge is -2.23. The summed E-state index contributed by atoms with van der Waals surface area (Å²) in [4.78, 5) is 22.8. The fraction of sp³-hybridized carbons (Fsp3) is 0.333. The summed E-state index contributed by atoms with van der Waals surface area (Å²) < 4.78 is 0. The second kappa shape index (κ2) is 7.09. The van der Waals surface area contributed by atoms with Crippen molar-refractivity contribution in [3.63, 3.8) is 0 Å². The Balaban J connectivity index is 1.41. The van der Waals surface area contributed by atoms with Gasteiger partial charge in [-0.2, -0.15) is 0 Å². The molecule has 1 saturated heterocycles. The average Bonchev–Trinajstić information content (AvgIpc) is 3.29. The zero-order valence-electron chi connectivity index (χ0n) is 14.3. The number of rotatable bonds is 5. The molecule has 3 aromatic rings. The minimum Gasteiger partial charge on any atom is -0.340 e. The van der Waals surface area contributed by atoms with Crippen molar-refractivity contribution < 1.29 is 4.79 Å². The van der Waals surface area contributed by atoms with E-state index in [1.165, 1.54) is 5.56 Å². The van der Waals surface area contributed by atoms with Crippen molar-refractivity contribution in [1.82, 2.24) is 14.9 Å². The van der Waals surface area contributed by atoms with Crippen molar-refractivity contribution in [3.05, 3.63) is 66.0 Å². The van der Waals surface area contributed by atoms with Crippen LogP contribution in [0, 0.1) is 0 Å². The van der Waals surface area contributed by atoms with Gasteiger partial charge in [0.1, 0.15) is 5.82 Å². The van der Waals surface area contributed by atoms with Crippen molar-refractivity contribution >= 4 is 16.9 Å². The molecular formula is C21H23N3O. The second-order valence-corrected chi connectivity index (χ2v) is 6.72. The van der Waals surface area contributed by atoms with Crippen molar-refractivity contribution in [2.24, 2.45) is 0 Å². The van der Waals surface area contributed by atoms with Gasteiger partial charge >= 0.3 is 0 Å². The smallest absolute Gasteiger partial charge is 0.223 e. The highest BCUT2D eigenvalue weighted by Crippen LogP contribution is 2.32.